The van der Waals surface area contributed by atoms with E-state index in [-0.39, 0.29) is 11.8 Å². The van der Waals surface area contributed by atoms with E-state index in [0.29, 0.717) is 37.5 Å². The van der Waals surface area contributed by atoms with Crippen LogP contribution in [-0.2, 0) is 0 Å². The fourth-order valence-corrected chi connectivity index (χ4v) is 3.39. The number of rotatable bonds is 4. The molecule has 6 nitrogen and oxygen atoms in total. The first kappa shape index (κ1) is 18.0. The number of nitrogens with one attached hydrogen (secondary N) is 2. The van der Waals surface area contributed by atoms with Crippen LogP contribution in [0.3, 0.4) is 0 Å². The fraction of sp³-hybridized carbons (Fsp3) is 0.111. The maximum atomic E-state index is 12.7. The topological polar surface area (TPSA) is 84.0 Å². The minimum atomic E-state index is -0.335. The van der Waals surface area contributed by atoms with Gasteiger partial charge in [-0.05, 0) is 37.3 Å². The lowest BCUT2D eigenvalue weighted by atomic mass is 10.2. The van der Waals surface area contributed by atoms with E-state index in [2.05, 4.69) is 20.6 Å². The minimum Gasteiger partial charge on any atom is -0.355 e. The number of benzene rings is 1. The second kappa shape index (κ2) is 7.63. The summed E-state index contributed by atoms with van der Waals surface area (Å²) in [6, 6.07) is 10.2. The van der Waals surface area contributed by atoms with Gasteiger partial charge in [-0.2, -0.15) is 0 Å². The van der Waals surface area contributed by atoms with Gasteiger partial charge in [-0.3, -0.25) is 14.6 Å². The lowest BCUT2D eigenvalue weighted by Crippen LogP contribution is -2.18. The number of thiazole rings is 1. The van der Waals surface area contributed by atoms with Crippen LogP contribution < -0.4 is 10.6 Å². The Bertz CT molecular complexity index is 973. The molecule has 2 N–H and O–H groups in total. The molecule has 0 spiro atoms. The Hall–Kier alpha value is -2.77. The zero-order valence-corrected chi connectivity index (χ0v) is 15.6. The van der Waals surface area contributed by atoms with Crippen molar-refractivity contribution in [2.24, 2.45) is 0 Å². The van der Waals surface area contributed by atoms with Gasteiger partial charge in [0.2, 0.25) is 0 Å². The van der Waals surface area contributed by atoms with Crippen molar-refractivity contribution in [3.8, 4) is 10.7 Å². The third kappa shape index (κ3) is 3.74. The molecule has 2 aromatic heterocycles. The molecule has 0 fully saturated rings. The lowest BCUT2D eigenvalue weighted by Gasteiger charge is -2.08. The Labute approximate surface area is 159 Å². The zero-order valence-electron chi connectivity index (χ0n) is 14.0. The van der Waals surface area contributed by atoms with E-state index in [1.807, 2.05) is 18.2 Å². The van der Waals surface area contributed by atoms with Crippen LogP contribution in [0.4, 0.5) is 5.69 Å². The van der Waals surface area contributed by atoms with Crippen LogP contribution in [0.2, 0.25) is 5.02 Å². The zero-order chi connectivity index (χ0) is 18.7. The van der Waals surface area contributed by atoms with E-state index in [0.717, 1.165) is 0 Å². The number of aryl methyl sites for hydroxylation is 1. The molecular weight excluding hydrogens is 372 g/mol. The average Bonchev–Trinajstić information content (AvgIpc) is 3.05. The highest BCUT2D eigenvalue weighted by Crippen LogP contribution is 2.29. The minimum absolute atomic E-state index is 0.261. The summed E-state index contributed by atoms with van der Waals surface area (Å²) in [4.78, 5) is 33.6. The smallest absolute Gasteiger partial charge is 0.267 e. The first-order valence-corrected chi connectivity index (χ1v) is 8.91. The SMILES string of the molecule is CNC(=O)c1ccc(Cl)c(NC(=O)c2sc(-c3ccccn3)nc2C)c1. The second-order valence-corrected chi connectivity index (χ2v) is 6.78. The number of amides is 2. The van der Waals surface area contributed by atoms with Gasteiger partial charge in [-0.15, -0.1) is 11.3 Å². The highest BCUT2D eigenvalue weighted by atomic mass is 35.5. The summed E-state index contributed by atoms with van der Waals surface area (Å²) in [5, 5.41) is 6.30. The highest BCUT2D eigenvalue weighted by Gasteiger charge is 2.18. The molecule has 8 heteroatoms. The van der Waals surface area contributed by atoms with Crippen LogP contribution in [0.1, 0.15) is 25.7 Å². The Morgan fingerprint density at radius 1 is 1.15 bits per heavy atom. The van der Waals surface area contributed by atoms with Gasteiger partial charge in [-0.1, -0.05) is 17.7 Å². The molecule has 132 valence electrons. The predicted molar refractivity (Wildman–Crippen MR) is 103 cm³/mol. The standard InChI is InChI=1S/C18H15ClN4O2S/c1-10-15(26-18(22-10)13-5-3-4-8-21-13)17(25)23-14-9-11(16(24)20-2)6-7-12(14)19/h3-9H,1-2H3,(H,20,24)(H,23,25). The largest absolute Gasteiger partial charge is 0.355 e. The van der Waals surface area contributed by atoms with Gasteiger partial charge < -0.3 is 10.6 Å². The molecular formula is C18H15ClN4O2S. The average molecular weight is 387 g/mol. The molecule has 0 radical (unpaired) electrons. The number of aromatic nitrogens is 2. The van der Waals surface area contributed by atoms with Crippen LogP contribution in [-0.4, -0.2) is 28.8 Å². The summed E-state index contributed by atoms with van der Waals surface area (Å²) in [5.74, 6) is -0.596. The third-order valence-electron chi connectivity index (χ3n) is 3.59. The van der Waals surface area contributed by atoms with Gasteiger partial charge >= 0.3 is 0 Å². The molecule has 0 aliphatic carbocycles. The Morgan fingerprint density at radius 2 is 1.96 bits per heavy atom. The van der Waals surface area contributed by atoms with Crippen molar-refractivity contribution in [1.29, 1.82) is 0 Å². The van der Waals surface area contributed by atoms with Crippen molar-refractivity contribution < 1.29 is 9.59 Å². The number of nitrogens with zero attached hydrogens (tertiary/aromatic N) is 2. The van der Waals surface area contributed by atoms with E-state index < -0.39 is 0 Å². The van der Waals surface area contributed by atoms with Crippen molar-refractivity contribution in [2.75, 3.05) is 12.4 Å². The monoisotopic (exact) mass is 386 g/mol. The van der Waals surface area contributed by atoms with Gasteiger partial charge in [0.25, 0.3) is 11.8 Å². The molecule has 0 saturated heterocycles. The number of pyridine rings is 1. The number of halogens is 1. The molecule has 0 unspecified atom stereocenters. The third-order valence-corrected chi connectivity index (χ3v) is 5.10. The van der Waals surface area contributed by atoms with Crippen molar-refractivity contribution in [1.82, 2.24) is 15.3 Å². The van der Waals surface area contributed by atoms with Crippen LogP contribution in [0.15, 0.2) is 42.6 Å². The first-order valence-electron chi connectivity index (χ1n) is 7.71. The lowest BCUT2D eigenvalue weighted by molar-refractivity contribution is 0.0961. The quantitative estimate of drug-likeness (QED) is 0.714. The number of carbonyl (C=O) groups is 2. The molecule has 0 aliphatic rings. The van der Waals surface area contributed by atoms with E-state index in [4.69, 9.17) is 11.6 Å². The van der Waals surface area contributed by atoms with Crippen molar-refractivity contribution in [3.05, 3.63) is 63.8 Å². The van der Waals surface area contributed by atoms with E-state index in [1.165, 1.54) is 24.5 Å². The summed E-state index contributed by atoms with van der Waals surface area (Å²) >= 11 is 7.40. The molecule has 3 aromatic rings. The molecule has 0 bridgehead atoms. The van der Waals surface area contributed by atoms with Crippen LogP contribution in [0, 0.1) is 6.92 Å². The number of carbonyl (C=O) groups excluding carboxylic acids is 2. The highest BCUT2D eigenvalue weighted by molar-refractivity contribution is 7.17. The molecule has 26 heavy (non-hydrogen) atoms. The van der Waals surface area contributed by atoms with Crippen molar-refractivity contribution >= 4 is 40.4 Å². The Balaban J connectivity index is 1.87. The van der Waals surface area contributed by atoms with Gasteiger partial charge in [0.1, 0.15) is 9.88 Å². The van der Waals surface area contributed by atoms with E-state index in [1.54, 1.807) is 25.3 Å². The van der Waals surface area contributed by atoms with Crippen molar-refractivity contribution in [3.63, 3.8) is 0 Å². The van der Waals surface area contributed by atoms with Gasteiger partial charge in [0.05, 0.1) is 22.1 Å². The molecule has 0 saturated carbocycles. The first-order chi connectivity index (χ1) is 12.5. The van der Waals surface area contributed by atoms with Crippen LogP contribution >= 0.6 is 22.9 Å². The predicted octanol–water partition coefficient (Wildman–Crippen LogP) is 3.78. The Kier molecular flexibility index (Phi) is 5.29. The summed E-state index contributed by atoms with van der Waals surface area (Å²) in [7, 11) is 1.54. The molecule has 0 aliphatic heterocycles. The molecule has 3 rings (SSSR count). The number of hydrogen-bond donors (Lipinski definition) is 2. The van der Waals surface area contributed by atoms with E-state index in [9.17, 15) is 9.59 Å². The molecule has 2 amide bonds. The second-order valence-electron chi connectivity index (χ2n) is 5.38. The molecule has 0 atom stereocenters. The Morgan fingerprint density at radius 3 is 2.65 bits per heavy atom. The summed E-state index contributed by atoms with van der Waals surface area (Å²) in [5.41, 5.74) is 2.08. The fourth-order valence-electron chi connectivity index (χ4n) is 2.29. The summed E-state index contributed by atoms with van der Waals surface area (Å²) in [6.45, 7) is 1.76. The van der Waals surface area contributed by atoms with E-state index >= 15 is 0 Å². The van der Waals surface area contributed by atoms with Gasteiger partial charge in [-0.25, -0.2) is 4.98 Å². The normalized spacial score (nSPS) is 10.4. The van der Waals surface area contributed by atoms with Crippen LogP contribution in [0.5, 0.6) is 0 Å². The van der Waals surface area contributed by atoms with Gasteiger partial charge in [0, 0.05) is 18.8 Å². The maximum Gasteiger partial charge on any atom is 0.267 e. The summed E-state index contributed by atoms with van der Waals surface area (Å²) in [6.07, 6.45) is 1.68. The number of hydrogen-bond acceptors (Lipinski definition) is 5. The van der Waals surface area contributed by atoms with Crippen molar-refractivity contribution in [2.45, 2.75) is 6.92 Å². The van der Waals surface area contributed by atoms with Gasteiger partial charge in [0.15, 0.2) is 0 Å². The number of anilines is 1. The maximum absolute atomic E-state index is 12.7. The summed E-state index contributed by atoms with van der Waals surface area (Å²) < 4.78 is 0. The van der Waals surface area contributed by atoms with Crippen LogP contribution in [0.25, 0.3) is 10.7 Å². The molecule has 1 aromatic carbocycles. The molecule has 2 heterocycles.